The van der Waals surface area contributed by atoms with Crippen molar-refractivity contribution in [2.45, 2.75) is 51.2 Å². The van der Waals surface area contributed by atoms with Crippen LogP contribution in [0.1, 0.15) is 40.0 Å². The molecule has 0 aromatic heterocycles. The molecule has 2 saturated heterocycles. The lowest BCUT2D eigenvalue weighted by molar-refractivity contribution is -0.166. The summed E-state index contributed by atoms with van der Waals surface area (Å²) in [6, 6.07) is 0. The number of rotatable bonds is 0. The van der Waals surface area contributed by atoms with Gasteiger partial charge >= 0.3 is 11.9 Å². The topological polar surface area (TPSA) is 52.6 Å². The van der Waals surface area contributed by atoms with E-state index in [0.717, 1.165) is 18.4 Å². The van der Waals surface area contributed by atoms with Crippen LogP contribution in [0.25, 0.3) is 0 Å². The molecule has 2 aliphatic heterocycles. The number of ether oxygens (including phenoxy) is 2. The van der Waals surface area contributed by atoms with Gasteiger partial charge in [0.2, 0.25) is 0 Å². The van der Waals surface area contributed by atoms with Gasteiger partial charge in [-0.25, -0.2) is 4.79 Å². The molecule has 3 atom stereocenters. The lowest BCUT2D eigenvalue weighted by Crippen LogP contribution is -2.46. The number of hydrogen-bond acceptors (Lipinski definition) is 4. The third kappa shape index (κ3) is 1.08. The zero-order valence-electron chi connectivity index (χ0n) is 10.3. The van der Waals surface area contributed by atoms with Gasteiger partial charge < -0.3 is 9.47 Å². The molecule has 2 bridgehead atoms. The van der Waals surface area contributed by atoms with Gasteiger partial charge in [0.05, 0.1) is 0 Å². The van der Waals surface area contributed by atoms with E-state index in [0.29, 0.717) is 12.0 Å². The maximum Gasteiger partial charge on any atom is 0.334 e. The Morgan fingerprint density at radius 2 is 2.00 bits per heavy atom. The van der Waals surface area contributed by atoms with Gasteiger partial charge in [0.1, 0.15) is 5.92 Å². The predicted molar refractivity (Wildman–Crippen MR) is 59.0 cm³/mol. The molecule has 3 aliphatic rings. The molecule has 3 fully saturated rings. The Bertz CT molecular complexity index is 460. The highest BCUT2D eigenvalue weighted by Gasteiger charge is 2.73. The number of hydrogen-bond donors (Lipinski definition) is 0. The molecule has 4 heteroatoms. The first-order valence-electron chi connectivity index (χ1n) is 6.02. The van der Waals surface area contributed by atoms with Crippen LogP contribution in [-0.4, -0.2) is 23.1 Å². The highest BCUT2D eigenvalue weighted by atomic mass is 16.6. The second kappa shape index (κ2) is 2.92. The summed E-state index contributed by atoms with van der Waals surface area (Å²) >= 11 is 0. The minimum Gasteiger partial charge on any atom is -0.455 e. The summed E-state index contributed by atoms with van der Waals surface area (Å²) < 4.78 is 11.0. The van der Waals surface area contributed by atoms with E-state index in [1.165, 1.54) is 0 Å². The summed E-state index contributed by atoms with van der Waals surface area (Å²) in [5.74, 6) is -0.753. The van der Waals surface area contributed by atoms with E-state index in [9.17, 15) is 9.59 Å². The van der Waals surface area contributed by atoms with Crippen molar-refractivity contribution in [3.8, 4) is 0 Å². The van der Waals surface area contributed by atoms with Gasteiger partial charge in [-0.1, -0.05) is 5.57 Å². The van der Waals surface area contributed by atoms with Crippen molar-refractivity contribution in [2.24, 2.45) is 5.92 Å². The maximum atomic E-state index is 11.9. The number of allylic oxidation sites excluding steroid dienone is 1. The molecule has 0 radical (unpaired) electrons. The van der Waals surface area contributed by atoms with E-state index in [-0.39, 0.29) is 17.9 Å². The molecule has 0 unspecified atom stereocenters. The van der Waals surface area contributed by atoms with Gasteiger partial charge in [-0.2, -0.15) is 0 Å². The molecule has 1 aliphatic carbocycles. The second-order valence-electron chi connectivity index (χ2n) is 5.68. The van der Waals surface area contributed by atoms with Crippen molar-refractivity contribution >= 4 is 11.9 Å². The molecule has 1 saturated carbocycles. The van der Waals surface area contributed by atoms with Gasteiger partial charge in [0, 0.05) is 12.0 Å². The average Bonchev–Trinajstić information content (AvgIpc) is 2.75. The van der Waals surface area contributed by atoms with E-state index >= 15 is 0 Å². The molecule has 0 aromatic rings. The fourth-order valence-electron chi connectivity index (χ4n) is 3.44. The molecule has 4 nitrogen and oxygen atoms in total. The summed E-state index contributed by atoms with van der Waals surface area (Å²) in [6.07, 6.45) is 2.06. The van der Waals surface area contributed by atoms with Crippen molar-refractivity contribution < 1.29 is 19.1 Å². The molecule has 2 heterocycles. The lowest BCUT2D eigenvalue weighted by Gasteiger charge is -2.32. The van der Waals surface area contributed by atoms with Crippen molar-refractivity contribution in [2.75, 3.05) is 0 Å². The predicted octanol–water partition coefficient (Wildman–Crippen LogP) is 1.73. The SMILES string of the molecule is CC(C)=C1C[C@]2(OC1=O)[C@H]1CC[C@]2(C)OC1=O. The molecule has 0 amide bonds. The molecular weight excluding hydrogens is 220 g/mol. The van der Waals surface area contributed by atoms with E-state index in [1.807, 2.05) is 20.8 Å². The van der Waals surface area contributed by atoms with Crippen molar-refractivity contribution in [3.05, 3.63) is 11.1 Å². The molecule has 92 valence electrons. The normalized spacial score (nSPS) is 43.2. The first-order valence-corrected chi connectivity index (χ1v) is 6.02. The maximum absolute atomic E-state index is 11.9. The van der Waals surface area contributed by atoms with Crippen LogP contribution in [0.3, 0.4) is 0 Å². The summed E-state index contributed by atoms with van der Waals surface area (Å²) in [4.78, 5) is 23.7. The second-order valence-corrected chi connectivity index (χ2v) is 5.68. The van der Waals surface area contributed by atoms with Crippen LogP contribution in [0.4, 0.5) is 0 Å². The molecule has 17 heavy (non-hydrogen) atoms. The van der Waals surface area contributed by atoms with Crippen LogP contribution in [0, 0.1) is 5.92 Å². The quantitative estimate of drug-likeness (QED) is 0.475. The first-order chi connectivity index (χ1) is 7.90. The molecular formula is C13H16O4. The van der Waals surface area contributed by atoms with Crippen LogP contribution in [0.5, 0.6) is 0 Å². The minimum absolute atomic E-state index is 0.207. The van der Waals surface area contributed by atoms with Crippen LogP contribution < -0.4 is 0 Å². The Hall–Kier alpha value is -1.32. The Morgan fingerprint density at radius 1 is 1.29 bits per heavy atom. The Balaban J connectivity index is 2.09. The average molecular weight is 236 g/mol. The zero-order chi connectivity index (χ0) is 12.4. The van der Waals surface area contributed by atoms with Gasteiger partial charge in [-0.05, 0) is 33.6 Å². The van der Waals surface area contributed by atoms with E-state index in [1.54, 1.807) is 0 Å². The van der Waals surface area contributed by atoms with Crippen molar-refractivity contribution in [3.63, 3.8) is 0 Å². The van der Waals surface area contributed by atoms with Gasteiger partial charge in [-0.15, -0.1) is 0 Å². The summed E-state index contributed by atoms with van der Waals surface area (Å²) in [7, 11) is 0. The Morgan fingerprint density at radius 3 is 2.41 bits per heavy atom. The van der Waals surface area contributed by atoms with Crippen molar-refractivity contribution in [1.82, 2.24) is 0 Å². The lowest BCUT2D eigenvalue weighted by atomic mass is 9.80. The van der Waals surface area contributed by atoms with Gasteiger partial charge in [0.15, 0.2) is 11.2 Å². The number of carbonyl (C=O) groups is 2. The molecule has 1 spiro atoms. The van der Waals surface area contributed by atoms with Crippen molar-refractivity contribution in [1.29, 1.82) is 0 Å². The summed E-state index contributed by atoms with van der Waals surface area (Å²) in [5.41, 5.74) is 0.325. The third-order valence-electron chi connectivity index (χ3n) is 4.54. The van der Waals surface area contributed by atoms with Gasteiger partial charge in [0.25, 0.3) is 0 Å². The highest BCUT2D eigenvalue weighted by molar-refractivity contribution is 5.94. The Labute approximate surface area is 100.0 Å². The fraction of sp³-hybridized carbons (Fsp3) is 0.692. The van der Waals surface area contributed by atoms with Crippen LogP contribution in [-0.2, 0) is 19.1 Å². The third-order valence-corrected chi connectivity index (χ3v) is 4.54. The molecule has 3 rings (SSSR count). The zero-order valence-corrected chi connectivity index (χ0v) is 10.3. The summed E-state index contributed by atoms with van der Waals surface area (Å²) in [5, 5.41) is 0. The summed E-state index contributed by atoms with van der Waals surface area (Å²) in [6.45, 7) is 5.69. The van der Waals surface area contributed by atoms with Crippen LogP contribution in [0.2, 0.25) is 0 Å². The van der Waals surface area contributed by atoms with E-state index in [4.69, 9.17) is 9.47 Å². The van der Waals surface area contributed by atoms with Crippen LogP contribution in [0.15, 0.2) is 11.1 Å². The number of carbonyl (C=O) groups excluding carboxylic acids is 2. The smallest absolute Gasteiger partial charge is 0.334 e. The van der Waals surface area contributed by atoms with E-state index < -0.39 is 11.2 Å². The van der Waals surface area contributed by atoms with E-state index in [2.05, 4.69) is 0 Å². The first kappa shape index (κ1) is 10.8. The largest absolute Gasteiger partial charge is 0.455 e. The van der Waals surface area contributed by atoms with Gasteiger partial charge in [-0.3, -0.25) is 4.79 Å². The Kier molecular flexibility index (Phi) is 1.86. The fourth-order valence-corrected chi connectivity index (χ4v) is 3.44. The minimum atomic E-state index is -0.728. The van der Waals surface area contributed by atoms with Crippen LogP contribution >= 0.6 is 0 Å². The molecule has 0 N–H and O–H groups in total. The standard InChI is InChI=1S/C13H16O4/c1-7(2)8-6-13(17-10(8)14)9-4-5-12(13,3)16-11(9)15/h9H,4-6H2,1-3H3/t9-,12-,13-/m0/s1. The molecule has 0 aromatic carbocycles. The number of esters is 2. The monoisotopic (exact) mass is 236 g/mol. The highest BCUT2D eigenvalue weighted by Crippen LogP contribution is 2.60.